The van der Waals surface area contributed by atoms with E-state index < -0.39 is 39.2 Å². The molecule has 7 nitrogen and oxygen atoms in total. The van der Waals surface area contributed by atoms with E-state index in [-0.39, 0.29) is 10.6 Å². The number of alkyl halides is 3. The molecule has 0 aliphatic rings. The zero-order chi connectivity index (χ0) is 26.5. The molecule has 12 heteroatoms. The summed E-state index contributed by atoms with van der Waals surface area (Å²) < 4.78 is 72.7. The molecule has 0 saturated heterocycles. The van der Waals surface area contributed by atoms with Gasteiger partial charge in [0.1, 0.15) is 12.3 Å². The standard InChI is InChI=1S/C24H21ClF3N3O4S/c1-16-6-9-20(10-7-16)36(33,34)31(18-8-11-22(25)21(13-18)24(26,27)28)15-23(32)30-29-14-17-4-3-5-19(12-17)35-2/h3-14H,15H2,1-2H3,(H,30,32)/b29-14-. The van der Waals surface area contributed by atoms with Gasteiger partial charge in [0.25, 0.3) is 15.9 Å². The number of carbonyl (C=O) groups is 1. The van der Waals surface area contributed by atoms with Crippen LogP contribution in [-0.4, -0.2) is 34.2 Å². The molecule has 0 saturated carbocycles. The Labute approximate surface area is 211 Å². The minimum absolute atomic E-state index is 0.204. The topological polar surface area (TPSA) is 88.1 Å². The monoisotopic (exact) mass is 539 g/mol. The number of nitrogens with zero attached hydrogens (tertiary/aromatic N) is 2. The molecule has 0 radical (unpaired) electrons. The highest BCUT2D eigenvalue weighted by atomic mass is 35.5. The molecule has 3 aromatic carbocycles. The second-order valence-electron chi connectivity index (χ2n) is 7.56. The largest absolute Gasteiger partial charge is 0.497 e. The third kappa shape index (κ3) is 6.55. The van der Waals surface area contributed by atoms with Crippen molar-refractivity contribution in [2.24, 2.45) is 5.10 Å². The van der Waals surface area contributed by atoms with Crippen molar-refractivity contribution in [2.75, 3.05) is 18.0 Å². The van der Waals surface area contributed by atoms with Gasteiger partial charge in [0, 0.05) is 0 Å². The highest BCUT2D eigenvalue weighted by Gasteiger charge is 2.35. The lowest BCUT2D eigenvalue weighted by atomic mass is 10.2. The maximum absolute atomic E-state index is 13.4. The average molecular weight is 540 g/mol. The maximum atomic E-state index is 13.4. The van der Waals surface area contributed by atoms with Crippen molar-refractivity contribution in [3.63, 3.8) is 0 Å². The number of hydrogen-bond donors (Lipinski definition) is 1. The summed E-state index contributed by atoms with van der Waals surface area (Å²) >= 11 is 5.69. The van der Waals surface area contributed by atoms with Gasteiger partial charge in [-0.2, -0.15) is 18.3 Å². The third-order valence-corrected chi connectivity index (χ3v) is 7.05. The highest BCUT2D eigenvalue weighted by molar-refractivity contribution is 7.92. The number of nitrogens with one attached hydrogen (secondary N) is 1. The van der Waals surface area contributed by atoms with Crippen molar-refractivity contribution >= 4 is 39.4 Å². The van der Waals surface area contributed by atoms with E-state index in [0.717, 1.165) is 17.7 Å². The zero-order valence-electron chi connectivity index (χ0n) is 19.1. The van der Waals surface area contributed by atoms with Crippen molar-refractivity contribution in [1.82, 2.24) is 5.43 Å². The Kier molecular flexibility index (Phi) is 8.26. The van der Waals surface area contributed by atoms with E-state index in [2.05, 4.69) is 10.5 Å². The van der Waals surface area contributed by atoms with Crippen LogP contribution >= 0.6 is 11.6 Å². The lowest BCUT2D eigenvalue weighted by molar-refractivity contribution is -0.137. The Balaban J connectivity index is 1.94. The summed E-state index contributed by atoms with van der Waals surface area (Å²) in [6, 6.07) is 15.0. The van der Waals surface area contributed by atoms with Crippen molar-refractivity contribution in [3.8, 4) is 5.75 Å². The number of aryl methyl sites for hydroxylation is 1. The van der Waals surface area contributed by atoms with Crippen molar-refractivity contribution in [3.05, 3.63) is 88.4 Å². The number of hydrogen-bond acceptors (Lipinski definition) is 5. The molecule has 0 unspecified atom stereocenters. The Morgan fingerprint density at radius 3 is 2.44 bits per heavy atom. The molecule has 0 aliphatic heterocycles. The molecule has 0 aromatic heterocycles. The van der Waals surface area contributed by atoms with E-state index in [1.54, 1.807) is 31.2 Å². The number of sulfonamides is 1. The van der Waals surface area contributed by atoms with Crippen LogP contribution in [-0.2, 0) is 21.0 Å². The minimum Gasteiger partial charge on any atom is -0.497 e. The van der Waals surface area contributed by atoms with Gasteiger partial charge in [0.15, 0.2) is 0 Å². The predicted octanol–water partition coefficient (Wildman–Crippen LogP) is 5.02. The fourth-order valence-corrected chi connectivity index (χ4v) is 4.74. The van der Waals surface area contributed by atoms with Crippen molar-refractivity contribution in [2.45, 2.75) is 18.0 Å². The van der Waals surface area contributed by atoms with Crippen LogP contribution in [0.3, 0.4) is 0 Å². The first-order valence-corrected chi connectivity index (χ1v) is 12.2. The summed E-state index contributed by atoms with van der Waals surface area (Å²) in [5.41, 5.74) is 1.93. The minimum atomic E-state index is -4.84. The van der Waals surface area contributed by atoms with Crippen LogP contribution in [0.2, 0.25) is 5.02 Å². The molecule has 36 heavy (non-hydrogen) atoms. The molecule has 0 aliphatic carbocycles. The van der Waals surface area contributed by atoms with E-state index in [4.69, 9.17) is 16.3 Å². The van der Waals surface area contributed by atoms with E-state index in [1.807, 2.05) is 0 Å². The Hall–Kier alpha value is -3.57. The molecule has 1 amide bonds. The van der Waals surface area contributed by atoms with Crippen molar-refractivity contribution < 1.29 is 31.1 Å². The van der Waals surface area contributed by atoms with Gasteiger partial charge in [-0.25, -0.2) is 13.8 Å². The first kappa shape index (κ1) is 27.0. The van der Waals surface area contributed by atoms with Crippen LogP contribution in [0.4, 0.5) is 18.9 Å². The number of amides is 1. The van der Waals surface area contributed by atoms with Crippen LogP contribution in [0.15, 0.2) is 76.7 Å². The third-order valence-electron chi connectivity index (χ3n) is 4.94. The van der Waals surface area contributed by atoms with Crippen LogP contribution < -0.4 is 14.5 Å². The van der Waals surface area contributed by atoms with E-state index in [0.29, 0.717) is 21.7 Å². The van der Waals surface area contributed by atoms with Crippen LogP contribution in [0.5, 0.6) is 5.75 Å². The molecule has 0 spiro atoms. The number of benzene rings is 3. The predicted molar refractivity (Wildman–Crippen MR) is 131 cm³/mol. The summed E-state index contributed by atoms with van der Waals surface area (Å²) in [4.78, 5) is 12.4. The summed E-state index contributed by atoms with van der Waals surface area (Å²) in [7, 11) is -2.95. The van der Waals surface area contributed by atoms with Gasteiger partial charge in [-0.15, -0.1) is 0 Å². The molecule has 0 heterocycles. The molecule has 0 fully saturated rings. The van der Waals surface area contributed by atoms with Gasteiger partial charge in [-0.3, -0.25) is 9.10 Å². The first-order chi connectivity index (χ1) is 16.9. The Morgan fingerprint density at radius 1 is 1.11 bits per heavy atom. The normalized spacial score (nSPS) is 11.9. The summed E-state index contributed by atoms with van der Waals surface area (Å²) in [5, 5.41) is 3.19. The number of carbonyl (C=O) groups excluding carboxylic acids is 1. The quantitative estimate of drug-likeness (QED) is 0.321. The van der Waals surface area contributed by atoms with Gasteiger partial charge in [0.2, 0.25) is 0 Å². The van der Waals surface area contributed by atoms with Gasteiger partial charge >= 0.3 is 6.18 Å². The van der Waals surface area contributed by atoms with Crippen molar-refractivity contribution in [1.29, 1.82) is 0 Å². The molecule has 190 valence electrons. The molecule has 3 aromatic rings. The molecular formula is C24H21ClF3N3O4S. The van der Waals surface area contributed by atoms with Gasteiger partial charge < -0.3 is 4.74 Å². The molecular weight excluding hydrogens is 519 g/mol. The van der Waals surface area contributed by atoms with Gasteiger partial charge in [-0.1, -0.05) is 41.4 Å². The van der Waals surface area contributed by atoms with Crippen LogP contribution in [0.25, 0.3) is 0 Å². The van der Waals surface area contributed by atoms with Crippen LogP contribution in [0.1, 0.15) is 16.7 Å². The highest BCUT2D eigenvalue weighted by Crippen LogP contribution is 2.38. The summed E-state index contributed by atoms with van der Waals surface area (Å²) in [6.07, 6.45) is -3.53. The number of halogens is 4. The number of hydrazone groups is 1. The fraction of sp³-hybridized carbons (Fsp3) is 0.167. The summed E-state index contributed by atoms with van der Waals surface area (Å²) in [6.45, 7) is 0.904. The Morgan fingerprint density at radius 2 is 1.81 bits per heavy atom. The molecule has 1 N–H and O–H groups in total. The number of methoxy groups -OCH3 is 1. The lowest BCUT2D eigenvalue weighted by Gasteiger charge is -2.25. The fourth-order valence-electron chi connectivity index (χ4n) is 3.10. The maximum Gasteiger partial charge on any atom is 0.417 e. The van der Waals surface area contributed by atoms with Crippen LogP contribution in [0, 0.1) is 6.92 Å². The second-order valence-corrected chi connectivity index (χ2v) is 9.83. The molecule has 0 atom stereocenters. The Bertz CT molecular complexity index is 1380. The molecule has 0 bridgehead atoms. The first-order valence-electron chi connectivity index (χ1n) is 10.3. The zero-order valence-corrected chi connectivity index (χ0v) is 20.7. The SMILES string of the molecule is COc1cccc(/C=N\NC(=O)CN(c2ccc(Cl)c(C(F)(F)F)c2)S(=O)(=O)c2ccc(C)cc2)c1. The summed E-state index contributed by atoms with van der Waals surface area (Å²) in [5.74, 6) is -0.322. The van der Waals surface area contributed by atoms with Gasteiger partial charge in [-0.05, 0) is 55.0 Å². The smallest absolute Gasteiger partial charge is 0.417 e. The lowest BCUT2D eigenvalue weighted by Crippen LogP contribution is -2.39. The number of anilines is 1. The number of rotatable bonds is 8. The van der Waals surface area contributed by atoms with E-state index >= 15 is 0 Å². The number of ether oxygens (including phenoxy) is 1. The second kappa shape index (κ2) is 11.0. The van der Waals surface area contributed by atoms with E-state index in [9.17, 15) is 26.4 Å². The molecule has 3 rings (SSSR count). The van der Waals surface area contributed by atoms with E-state index in [1.165, 1.54) is 37.6 Å². The van der Waals surface area contributed by atoms with Gasteiger partial charge in [0.05, 0.1) is 34.5 Å². The average Bonchev–Trinajstić information content (AvgIpc) is 2.82.